The average molecular weight is 269 g/mol. The van der Waals surface area contributed by atoms with Crippen molar-refractivity contribution in [3.05, 3.63) is 0 Å². The Hall–Kier alpha value is -0.220. The van der Waals surface area contributed by atoms with Gasteiger partial charge in [0, 0.05) is 17.8 Å². The minimum atomic E-state index is 0.565. The summed E-state index contributed by atoms with van der Waals surface area (Å²) in [6.07, 6.45) is 4.13. The fourth-order valence-electron chi connectivity index (χ4n) is 2.51. The van der Waals surface area contributed by atoms with E-state index in [0.717, 1.165) is 17.6 Å². The number of hydrogen-bond acceptors (Lipinski definition) is 3. The normalized spacial score (nSPS) is 34.3. The minimum absolute atomic E-state index is 0.565. The quantitative estimate of drug-likeness (QED) is 0.853. The fourth-order valence-corrected chi connectivity index (χ4v) is 3.66. The molecule has 0 aliphatic carbocycles. The Kier molecular flexibility index (Phi) is 5.37. The second kappa shape index (κ2) is 6.80. The van der Waals surface area contributed by atoms with Gasteiger partial charge in [-0.1, -0.05) is 25.1 Å². The Morgan fingerprint density at radius 3 is 2.72 bits per heavy atom. The van der Waals surface area contributed by atoms with Crippen LogP contribution < -0.4 is 5.32 Å². The van der Waals surface area contributed by atoms with Crippen molar-refractivity contribution in [1.82, 2.24) is 10.2 Å². The monoisotopic (exact) mass is 269 g/mol. The molecule has 0 amide bonds. The molecule has 0 aromatic carbocycles. The summed E-state index contributed by atoms with van der Waals surface area (Å²) in [6.45, 7) is 10.3. The highest BCUT2D eigenvalue weighted by atomic mass is 32.2. The van der Waals surface area contributed by atoms with Crippen LogP contribution in [0.1, 0.15) is 40.0 Å². The van der Waals surface area contributed by atoms with Gasteiger partial charge in [0.05, 0.1) is 6.54 Å². The molecule has 2 rings (SSSR count). The lowest BCUT2D eigenvalue weighted by Crippen LogP contribution is -2.43. The van der Waals surface area contributed by atoms with Gasteiger partial charge in [0.15, 0.2) is 5.17 Å². The van der Waals surface area contributed by atoms with E-state index in [0.29, 0.717) is 12.1 Å². The van der Waals surface area contributed by atoms with Gasteiger partial charge in [0.2, 0.25) is 0 Å². The number of nitrogens with one attached hydrogen (secondary N) is 1. The van der Waals surface area contributed by atoms with E-state index < -0.39 is 0 Å². The molecule has 18 heavy (non-hydrogen) atoms. The Bertz CT molecular complexity index is 287. The third-order valence-electron chi connectivity index (χ3n) is 4.20. The van der Waals surface area contributed by atoms with Crippen molar-refractivity contribution < 1.29 is 0 Å². The molecule has 0 spiro atoms. The van der Waals surface area contributed by atoms with Gasteiger partial charge >= 0.3 is 0 Å². The van der Waals surface area contributed by atoms with Gasteiger partial charge in [-0.15, -0.1) is 0 Å². The molecule has 104 valence electrons. The standard InChI is InChI=1S/C14H27N3S/c1-11-10-18-14(16-13(11)3)15-9-12(2)17-7-5-4-6-8-17/h11-13H,4-10H2,1-3H3,(H,15,16). The molecule has 3 atom stereocenters. The summed E-state index contributed by atoms with van der Waals surface area (Å²) in [5.41, 5.74) is 0. The molecule has 0 bridgehead atoms. The molecule has 3 nitrogen and oxygen atoms in total. The molecule has 2 aliphatic rings. The molecule has 0 radical (unpaired) electrons. The van der Waals surface area contributed by atoms with E-state index in [9.17, 15) is 0 Å². The summed E-state index contributed by atoms with van der Waals surface area (Å²) in [7, 11) is 0. The summed E-state index contributed by atoms with van der Waals surface area (Å²) in [5, 5.41) is 4.68. The third-order valence-corrected chi connectivity index (χ3v) is 5.41. The first-order valence-electron chi connectivity index (χ1n) is 7.34. The van der Waals surface area contributed by atoms with E-state index in [1.54, 1.807) is 0 Å². The summed E-state index contributed by atoms with van der Waals surface area (Å²) < 4.78 is 0. The van der Waals surface area contributed by atoms with E-state index in [4.69, 9.17) is 4.99 Å². The van der Waals surface area contributed by atoms with Crippen LogP contribution in [0.15, 0.2) is 4.99 Å². The molecule has 1 N–H and O–H groups in total. The summed E-state index contributed by atoms with van der Waals surface area (Å²) in [6, 6.07) is 1.16. The van der Waals surface area contributed by atoms with Crippen molar-refractivity contribution in [3.8, 4) is 0 Å². The second-order valence-corrected chi connectivity index (χ2v) is 6.82. The predicted molar refractivity (Wildman–Crippen MR) is 81.4 cm³/mol. The number of hydrogen-bond donors (Lipinski definition) is 1. The molecule has 2 saturated heterocycles. The van der Waals surface area contributed by atoms with E-state index in [2.05, 4.69) is 31.0 Å². The van der Waals surface area contributed by atoms with Crippen molar-refractivity contribution in [2.24, 2.45) is 10.9 Å². The summed E-state index contributed by atoms with van der Waals surface area (Å²) in [4.78, 5) is 7.36. The van der Waals surface area contributed by atoms with Gasteiger partial charge in [0.25, 0.3) is 0 Å². The maximum Gasteiger partial charge on any atom is 0.156 e. The van der Waals surface area contributed by atoms with Crippen molar-refractivity contribution in [3.63, 3.8) is 0 Å². The Labute approximate surface area is 116 Å². The number of rotatable bonds is 3. The van der Waals surface area contributed by atoms with Gasteiger partial charge in [-0.05, 0) is 45.7 Å². The van der Waals surface area contributed by atoms with Crippen LogP contribution in [0, 0.1) is 5.92 Å². The molecule has 0 aromatic heterocycles. The highest BCUT2D eigenvalue weighted by Gasteiger charge is 2.21. The molecule has 0 aromatic rings. The van der Waals surface area contributed by atoms with Crippen LogP contribution in [0.2, 0.25) is 0 Å². The highest BCUT2D eigenvalue weighted by molar-refractivity contribution is 8.13. The largest absolute Gasteiger partial charge is 0.362 e. The number of thioether (sulfide) groups is 1. The van der Waals surface area contributed by atoms with Crippen LogP contribution in [0.4, 0.5) is 0 Å². The SMILES string of the molecule is CC1CSC(=NCC(C)N2CCCCC2)NC1C. The number of aliphatic imine (C=N–C) groups is 1. The van der Waals surface area contributed by atoms with Crippen LogP contribution in [-0.2, 0) is 0 Å². The second-order valence-electron chi connectivity index (χ2n) is 5.81. The molecule has 2 heterocycles. The molecule has 0 saturated carbocycles. The van der Waals surface area contributed by atoms with Crippen molar-refractivity contribution in [2.45, 2.75) is 52.1 Å². The topological polar surface area (TPSA) is 27.6 Å². The first-order valence-corrected chi connectivity index (χ1v) is 8.33. The zero-order valence-corrected chi connectivity index (χ0v) is 12.8. The van der Waals surface area contributed by atoms with Crippen LogP contribution in [-0.4, -0.2) is 47.5 Å². The highest BCUT2D eigenvalue weighted by Crippen LogP contribution is 2.19. The van der Waals surface area contributed by atoms with Gasteiger partial charge in [-0.3, -0.25) is 9.89 Å². The predicted octanol–water partition coefficient (Wildman–Crippen LogP) is 2.58. The van der Waals surface area contributed by atoms with Crippen LogP contribution in [0.3, 0.4) is 0 Å². The van der Waals surface area contributed by atoms with Crippen molar-refractivity contribution in [1.29, 1.82) is 0 Å². The molecule has 2 fully saturated rings. The number of amidine groups is 1. The lowest BCUT2D eigenvalue weighted by atomic mass is 10.1. The van der Waals surface area contributed by atoms with E-state index in [1.165, 1.54) is 38.1 Å². The van der Waals surface area contributed by atoms with E-state index in [-0.39, 0.29) is 0 Å². The van der Waals surface area contributed by atoms with Crippen LogP contribution in [0.25, 0.3) is 0 Å². The Morgan fingerprint density at radius 1 is 1.33 bits per heavy atom. The zero-order chi connectivity index (χ0) is 13.0. The molecule has 2 aliphatic heterocycles. The number of piperidine rings is 1. The number of likely N-dealkylation sites (tertiary alicyclic amines) is 1. The smallest absolute Gasteiger partial charge is 0.156 e. The van der Waals surface area contributed by atoms with Gasteiger partial charge in [-0.2, -0.15) is 0 Å². The van der Waals surface area contributed by atoms with Crippen LogP contribution in [0.5, 0.6) is 0 Å². The maximum atomic E-state index is 4.77. The fraction of sp³-hybridized carbons (Fsp3) is 0.929. The number of nitrogens with zero attached hydrogens (tertiary/aromatic N) is 2. The Morgan fingerprint density at radius 2 is 2.06 bits per heavy atom. The van der Waals surface area contributed by atoms with E-state index >= 15 is 0 Å². The Balaban J connectivity index is 1.78. The average Bonchev–Trinajstić information content (AvgIpc) is 2.41. The van der Waals surface area contributed by atoms with E-state index in [1.807, 2.05) is 11.8 Å². The lowest BCUT2D eigenvalue weighted by Gasteiger charge is -2.32. The molecular formula is C14H27N3S. The van der Waals surface area contributed by atoms with Gasteiger partial charge in [-0.25, -0.2) is 0 Å². The van der Waals surface area contributed by atoms with Crippen LogP contribution >= 0.6 is 11.8 Å². The molecular weight excluding hydrogens is 242 g/mol. The third kappa shape index (κ3) is 3.89. The minimum Gasteiger partial charge on any atom is -0.362 e. The molecule has 3 unspecified atom stereocenters. The van der Waals surface area contributed by atoms with Crippen molar-refractivity contribution in [2.75, 3.05) is 25.4 Å². The molecule has 4 heteroatoms. The van der Waals surface area contributed by atoms with Gasteiger partial charge in [0.1, 0.15) is 0 Å². The first kappa shape index (κ1) is 14.2. The summed E-state index contributed by atoms with van der Waals surface area (Å²) in [5.74, 6) is 1.94. The first-order chi connectivity index (χ1) is 8.66. The zero-order valence-electron chi connectivity index (χ0n) is 12.0. The summed E-state index contributed by atoms with van der Waals surface area (Å²) >= 11 is 1.88. The van der Waals surface area contributed by atoms with Gasteiger partial charge < -0.3 is 5.32 Å². The lowest BCUT2D eigenvalue weighted by molar-refractivity contribution is 0.178. The maximum absolute atomic E-state index is 4.77. The van der Waals surface area contributed by atoms with Crippen molar-refractivity contribution >= 4 is 16.9 Å².